The van der Waals surface area contributed by atoms with Crippen LogP contribution >= 0.6 is 11.3 Å². The van der Waals surface area contributed by atoms with Gasteiger partial charge >= 0.3 is 0 Å². The van der Waals surface area contributed by atoms with E-state index in [0.29, 0.717) is 22.4 Å². The number of aryl methyl sites for hydroxylation is 1. The first-order chi connectivity index (χ1) is 10.0. The Kier molecular flexibility index (Phi) is 3.43. The SMILES string of the molecule is CNc1nc2sccn2c1S(=O)(=O)NCc1ncc(C)o1. The van der Waals surface area contributed by atoms with E-state index in [-0.39, 0.29) is 11.6 Å². The van der Waals surface area contributed by atoms with Crippen LogP contribution in [0.3, 0.4) is 0 Å². The third-order valence-corrected chi connectivity index (χ3v) is 4.97. The molecule has 2 N–H and O–H groups in total. The smallest absolute Gasteiger partial charge is 0.260 e. The number of hydrogen-bond donors (Lipinski definition) is 2. The fraction of sp³-hybridized carbons (Fsp3) is 0.273. The number of oxazole rings is 1. The molecule has 0 aliphatic carbocycles. The molecule has 3 heterocycles. The summed E-state index contributed by atoms with van der Waals surface area (Å²) in [5, 5.41) is 4.65. The molecule has 0 radical (unpaired) electrons. The largest absolute Gasteiger partial charge is 0.445 e. The van der Waals surface area contributed by atoms with Crippen LogP contribution in [0, 0.1) is 6.92 Å². The molecule has 0 spiro atoms. The zero-order valence-electron chi connectivity index (χ0n) is 11.3. The number of nitrogens with zero attached hydrogens (tertiary/aromatic N) is 3. The number of thiazole rings is 1. The molecule has 0 atom stereocenters. The fourth-order valence-electron chi connectivity index (χ4n) is 1.89. The molecule has 0 bridgehead atoms. The van der Waals surface area contributed by atoms with Gasteiger partial charge in [-0.2, -0.15) is 0 Å². The Morgan fingerprint density at radius 2 is 2.29 bits per heavy atom. The Bertz CT molecular complexity index is 877. The van der Waals surface area contributed by atoms with E-state index in [1.54, 1.807) is 31.7 Å². The zero-order valence-corrected chi connectivity index (χ0v) is 13.0. The molecule has 3 rings (SSSR count). The molecule has 0 aliphatic heterocycles. The van der Waals surface area contributed by atoms with Gasteiger partial charge in [-0.1, -0.05) is 0 Å². The summed E-state index contributed by atoms with van der Waals surface area (Å²) in [6.45, 7) is 1.73. The van der Waals surface area contributed by atoms with Crippen LogP contribution in [-0.2, 0) is 16.6 Å². The lowest BCUT2D eigenvalue weighted by molar-refractivity contribution is 0.463. The molecular formula is C11H13N5O3S2. The Balaban J connectivity index is 1.94. The first-order valence-corrected chi connectivity index (χ1v) is 8.42. The average Bonchev–Trinajstić information content (AvgIpc) is 3.10. The van der Waals surface area contributed by atoms with E-state index >= 15 is 0 Å². The third kappa shape index (κ3) is 2.52. The Morgan fingerprint density at radius 1 is 1.48 bits per heavy atom. The molecule has 21 heavy (non-hydrogen) atoms. The van der Waals surface area contributed by atoms with Crippen LogP contribution in [0.25, 0.3) is 4.96 Å². The van der Waals surface area contributed by atoms with Gasteiger partial charge in [-0.15, -0.1) is 11.3 Å². The first kappa shape index (κ1) is 14.0. The summed E-state index contributed by atoms with van der Waals surface area (Å²) in [4.78, 5) is 8.80. The normalized spacial score (nSPS) is 12.1. The standard InChI is InChI=1S/C11H13N5O3S2/c1-7-5-13-8(19-7)6-14-21(17,18)10-9(12-2)15-11-16(10)3-4-20-11/h3-5,12,14H,6H2,1-2H3. The van der Waals surface area contributed by atoms with Crippen molar-refractivity contribution in [1.82, 2.24) is 19.1 Å². The molecule has 10 heteroatoms. The summed E-state index contributed by atoms with van der Waals surface area (Å²) >= 11 is 1.36. The number of sulfonamides is 1. The van der Waals surface area contributed by atoms with Gasteiger partial charge in [0.1, 0.15) is 5.76 Å². The van der Waals surface area contributed by atoms with E-state index in [4.69, 9.17) is 4.42 Å². The van der Waals surface area contributed by atoms with Crippen LogP contribution in [0.4, 0.5) is 5.82 Å². The van der Waals surface area contributed by atoms with Gasteiger partial charge in [0.15, 0.2) is 15.8 Å². The lowest BCUT2D eigenvalue weighted by atomic mass is 10.6. The van der Waals surface area contributed by atoms with Crippen LogP contribution in [0.5, 0.6) is 0 Å². The second-order valence-corrected chi connectivity index (χ2v) is 6.82. The molecule has 112 valence electrons. The van der Waals surface area contributed by atoms with Crippen LogP contribution in [0.1, 0.15) is 11.7 Å². The molecule has 0 amide bonds. The average molecular weight is 327 g/mol. The predicted octanol–water partition coefficient (Wildman–Crippen LogP) is 1.21. The lowest BCUT2D eigenvalue weighted by Crippen LogP contribution is -2.25. The molecule has 0 aliphatic rings. The van der Waals surface area contributed by atoms with Gasteiger partial charge in [-0.3, -0.25) is 4.40 Å². The first-order valence-electron chi connectivity index (χ1n) is 6.05. The van der Waals surface area contributed by atoms with Crippen LogP contribution < -0.4 is 10.0 Å². The van der Waals surface area contributed by atoms with E-state index < -0.39 is 10.0 Å². The highest BCUT2D eigenvalue weighted by Gasteiger charge is 2.25. The summed E-state index contributed by atoms with van der Waals surface area (Å²) in [5.74, 6) is 1.25. The van der Waals surface area contributed by atoms with Crippen LogP contribution in [0.15, 0.2) is 27.2 Å². The van der Waals surface area contributed by atoms with Crippen molar-refractivity contribution in [2.75, 3.05) is 12.4 Å². The number of hydrogen-bond acceptors (Lipinski definition) is 7. The van der Waals surface area contributed by atoms with Gasteiger partial charge in [-0.05, 0) is 6.92 Å². The van der Waals surface area contributed by atoms with Gasteiger partial charge in [0.05, 0.1) is 12.7 Å². The molecule has 0 fully saturated rings. The monoisotopic (exact) mass is 327 g/mol. The fourth-order valence-corrected chi connectivity index (χ4v) is 3.92. The van der Waals surface area contributed by atoms with E-state index in [9.17, 15) is 8.42 Å². The predicted molar refractivity (Wildman–Crippen MR) is 77.9 cm³/mol. The van der Waals surface area contributed by atoms with E-state index in [0.717, 1.165) is 0 Å². The highest BCUT2D eigenvalue weighted by molar-refractivity contribution is 7.89. The van der Waals surface area contributed by atoms with Crippen molar-refractivity contribution in [3.63, 3.8) is 0 Å². The molecule has 3 aromatic rings. The molecule has 0 aromatic carbocycles. The van der Waals surface area contributed by atoms with Crippen molar-refractivity contribution in [2.45, 2.75) is 18.5 Å². The van der Waals surface area contributed by atoms with Gasteiger partial charge in [0.2, 0.25) is 5.89 Å². The highest BCUT2D eigenvalue weighted by Crippen LogP contribution is 2.25. The molecule has 8 nitrogen and oxygen atoms in total. The summed E-state index contributed by atoms with van der Waals surface area (Å²) in [7, 11) is -2.12. The summed E-state index contributed by atoms with van der Waals surface area (Å²) < 4.78 is 34.2. The summed E-state index contributed by atoms with van der Waals surface area (Å²) in [6.07, 6.45) is 3.20. The Labute approximate surface area is 124 Å². The molecule has 0 saturated carbocycles. The Hall–Kier alpha value is -1.91. The van der Waals surface area contributed by atoms with Gasteiger partial charge in [0, 0.05) is 18.6 Å². The molecule has 0 saturated heterocycles. The van der Waals surface area contributed by atoms with Crippen molar-refractivity contribution < 1.29 is 12.8 Å². The molecular weight excluding hydrogens is 314 g/mol. The number of imidazole rings is 1. The number of fused-ring (bicyclic) bond motifs is 1. The minimum absolute atomic E-state index is 0.0172. The van der Waals surface area contributed by atoms with Gasteiger partial charge < -0.3 is 9.73 Å². The topological polar surface area (TPSA) is 102 Å². The second kappa shape index (κ2) is 5.13. The van der Waals surface area contributed by atoms with E-state index in [1.807, 2.05) is 0 Å². The maximum atomic E-state index is 12.5. The maximum Gasteiger partial charge on any atom is 0.260 e. The number of nitrogens with one attached hydrogen (secondary N) is 2. The van der Waals surface area contributed by atoms with Gasteiger partial charge in [0.25, 0.3) is 10.0 Å². The molecule has 3 aromatic heterocycles. The number of aromatic nitrogens is 3. The highest BCUT2D eigenvalue weighted by atomic mass is 32.2. The number of rotatable bonds is 5. The minimum atomic E-state index is -3.75. The lowest BCUT2D eigenvalue weighted by Gasteiger charge is -2.06. The summed E-state index contributed by atoms with van der Waals surface area (Å²) in [5.41, 5.74) is 0. The third-order valence-electron chi connectivity index (χ3n) is 2.79. The van der Waals surface area contributed by atoms with Crippen molar-refractivity contribution in [1.29, 1.82) is 0 Å². The van der Waals surface area contributed by atoms with Crippen molar-refractivity contribution >= 4 is 32.1 Å². The van der Waals surface area contributed by atoms with Gasteiger partial charge in [-0.25, -0.2) is 23.1 Å². The van der Waals surface area contributed by atoms with Crippen molar-refractivity contribution in [2.24, 2.45) is 0 Å². The quantitative estimate of drug-likeness (QED) is 0.730. The summed E-state index contributed by atoms with van der Waals surface area (Å²) in [6, 6.07) is 0. The van der Waals surface area contributed by atoms with E-state index in [1.165, 1.54) is 15.7 Å². The van der Waals surface area contributed by atoms with Crippen LogP contribution in [0.2, 0.25) is 0 Å². The Morgan fingerprint density at radius 3 is 2.95 bits per heavy atom. The maximum absolute atomic E-state index is 12.5. The minimum Gasteiger partial charge on any atom is -0.445 e. The van der Waals surface area contributed by atoms with E-state index in [2.05, 4.69) is 20.0 Å². The second-order valence-electron chi connectivity index (χ2n) is 4.26. The van der Waals surface area contributed by atoms with Crippen molar-refractivity contribution in [3.8, 4) is 0 Å². The zero-order chi connectivity index (χ0) is 15.0. The molecule has 0 unspecified atom stereocenters. The number of anilines is 1. The van der Waals surface area contributed by atoms with Crippen molar-refractivity contribution in [3.05, 3.63) is 29.4 Å². The van der Waals surface area contributed by atoms with Crippen LogP contribution in [-0.4, -0.2) is 29.8 Å².